The van der Waals surface area contributed by atoms with Crippen LogP contribution in [0, 0.1) is 0 Å². The third kappa shape index (κ3) is 2.37. The Bertz CT molecular complexity index is 641. The molecule has 2 aliphatic heterocycles. The molecule has 0 spiro atoms. The first kappa shape index (κ1) is 18.3. The Morgan fingerprint density at radius 2 is 1.83 bits per heavy atom. The average Bonchev–Trinajstić information content (AvgIpc) is 2.78. The van der Waals surface area contributed by atoms with Gasteiger partial charge in [-0.25, -0.2) is 4.79 Å². The standard InChI is InChI=1S/C15H19NO8/c1-8(18)14(22)11(7-17)24-13(15(14,23)9(2)19)16-5-3-4-10(6-16)12(20)21/h3-5,11,13,17,22-23H,6-7H2,1-2H3,(H,20,21)/t11-,13-,14-,15+/m1/s1. The van der Waals surface area contributed by atoms with E-state index >= 15 is 0 Å². The zero-order chi connectivity index (χ0) is 18.3. The highest BCUT2D eigenvalue weighted by atomic mass is 16.6. The molecule has 9 heteroatoms. The number of hydrogen-bond acceptors (Lipinski definition) is 8. The number of nitrogens with zero attached hydrogens (tertiary/aromatic N) is 1. The number of hydrogen-bond donors (Lipinski definition) is 4. The molecule has 1 saturated heterocycles. The summed E-state index contributed by atoms with van der Waals surface area (Å²) in [6.45, 7) is 0.905. The molecule has 0 aromatic rings. The van der Waals surface area contributed by atoms with E-state index < -0.39 is 47.7 Å². The van der Waals surface area contributed by atoms with E-state index in [1.165, 1.54) is 23.3 Å². The predicted molar refractivity (Wildman–Crippen MR) is 78.6 cm³/mol. The normalized spacial score (nSPS) is 35.7. The Hall–Kier alpha value is -2.07. The quantitative estimate of drug-likeness (QED) is 0.454. The number of carbonyl (C=O) groups excluding carboxylic acids is 2. The number of ether oxygens (including phenoxy) is 1. The van der Waals surface area contributed by atoms with Gasteiger partial charge in [-0.3, -0.25) is 9.59 Å². The van der Waals surface area contributed by atoms with Crippen molar-refractivity contribution in [2.24, 2.45) is 0 Å². The smallest absolute Gasteiger partial charge is 0.333 e. The minimum absolute atomic E-state index is 0.0363. The van der Waals surface area contributed by atoms with Crippen molar-refractivity contribution >= 4 is 17.5 Å². The van der Waals surface area contributed by atoms with Crippen LogP contribution in [0.1, 0.15) is 13.8 Å². The highest BCUT2D eigenvalue weighted by molar-refractivity contribution is 5.99. The Labute approximate surface area is 137 Å². The second-order valence-electron chi connectivity index (χ2n) is 5.82. The Kier molecular flexibility index (Phi) is 4.64. The van der Waals surface area contributed by atoms with Gasteiger partial charge in [0.2, 0.25) is 5.60 Å². The van der Waals surface area contributed by atoms with Crippen LogP contribution in [0.25, 0.3) is 0 Å². The number of aliphatic carboxylic acids is 1. The number of carboxylic acids is 1. The molecule has 0 saturated carbocycles. The lowest BCUT2D eigenvalue weighted by Crippen LogP contribution is -2.69. The molecule has 0 bridgehead atoms. The molecule has 132 valence electrons. The molecule has 2 aliphatic rings. The zero-order valence-corrected chi connectivity index (χ0v) is 13.2. The molecular formula is C15H19NO8. The summed E-state index contributed by atoms with van der Waals surface area (Å²) in [6, 6.07) is 0. The van der Waals surface area contributed by atoms with Gasteiger partial charge in [0.25, 0.3) is 0 Å². The topological polar surface area (TPSA) is 145 Å². The van der Waals surface area contributed by atoms with Gasteiger partial charge in [-0.2, -0.15) is 0 Å². The van der Waals surface area contributed by atoms with Gasteiger partial charge in [-0.05, 0) is 26.0 Å². The van der Waals surface area contributed by atoms with Gasteiger partial charge in [0.05, 0.1) is 18.7 Å². The van der Waals surface area contributed by atoms with Crippen LogP contribution in [0.2, 0.25) is 0 Å². The first-order valence-electron chi connectivity index (χ1n) is 7.20. The lowest BCUT2D eigenvalue weighted by Gasteiger charge is -2.40. The molecule has 0 aromatic heterocycles. The van der Waals surface area contributed by atoms with Gasteiger partial charge in [0, 0.05) is 6.20 Å². The van der Waals surface area contributed by atoms with Gasteiger partial charge in [0.1, 0.15) is 6.10 Å². The van der Waals surface area contributed by atoms with Crippen LogP contribution < -0.4 is 0 Å². The number of carboxylic acid groups (broad SMARTS) is 1. The van der Waals surface area contributed by atoms with Crippen LogP contribution in [-0.4, -0.2) is 79.5 Å². The van der Waals surface area contributed by atoms with Crippen LogP contribution in [0.3, 0.4) is 0 Å². The minimum atomic E-state index is -2.67. The SMILES string of the molecule is CC(=O)[C@@]1(O)[C@@H](CO)O[C@@H](N2C=CC=C(C(=O)O)C2)[C@@]1(O)C(C)=O. The molecule has 0 amide bonds. The molecule has 0 aliphatic carbocycles. The van der Waals surface area contributed by atoms with Crippen molar-refractivity contribution in [2.75, 3.05) is 13.2 Å². The summed E-state index contributed by atoms with van der Waals surface area (Å²) >= 11 is 0. The Morgan fingerprint density at radius 3 is 2.29 bits per heavy atom. The summed E-state index contributed by atoms with van der Waals surface area (Å²) < 4.78 is 5.39. The molecule has 1 fully saturated rings. The maximum Gasteiger partial charge on any atom is 0.333 e. The van der Waals surface area contributed by atoms with E-state index in [-0.39, 0.29) is 12.1 Å². The monoisotopic (exact) mass is 341 g/mol. The number of aliphatic hydroxyl groups excluding tert-OH is 1. The third-order valence-corrected chi connectivity index (χ3v) is 4.44. The number of carbonyl (C=O) groups is 3. The first-order chi connectivity index (χ1) is 11.1. The van der Waals surface area contributed by atoms with Gasteiger partial charge in [-0.15, -0.1) is 0 Å². The van der Waals surface area contributed by atoms with Crippen molar-refractivity contribution in [1.29, 1.82) is 0 Å². The largest absolute Gasteiger partial charge is 0.478 e. The number of Topliss-reactive ketones (excluding diaryl/α,β-unsaturated/α-hetero) is 2. The molecule has 4 N–H and O–H groups in total. The van der Waals surface area contributed by atoms with E-state index in [0.717, 1.165) is 13.8 Å². The van der Waals surface area contributed by atoms with E-state index in [2.05, 4.69) is 0 Å². The van der Waals surface area contributed by atoms with Crippen LogP contribution in [0.5, 0.6) is 0 Å². The molecular weight excluding hydrogens is 322 g/mol. The maximum absolute atomic E-state index is 12.1. The highest BCUT2D eigenvalue weighted by Gasteiger charge is 2.72. The molecule has 2 rings (SSSR count). The fraction of sp³-hybridized carbons (Fsp3) is 0.533. The Balaban J connectivity index is 2.49. The first-order valence-corrected chi connectivity index (χ1v) is 7.20. The summed E-state index contributed by atoms with van der Waals surface area (Å²) in [5.41, 5.74) is -5.36. The van der Waals surface area contributed by atoms with E-state index in [0.29, 0.717) is 0 Å². The average molecular weight is 341 g/mol. The van der Waals surface area contributed by atoms with Crippen LogP contribution in [0.15, 0.2) is 23.9 Å². The van der Waals surface area contributed by atoms with Crippen LogP contribution in [0.4, 0.5) is 0 Å². The van der Waals surface area contributed by atoms with Crippen molar-refractivity contribution in [3.63, 3.8) is 0 Å². The van der Waals surface area contributed by atoms with Crippen molar-refractivity contribution < 1.29 is 39.5 Å². The van der Waals surface area contributed by atoms with Gasteiger partial charge >= 0.3 is 5.97 Å². The zero-order valence-electron chi connectivity index (χ0n) is 13.2. The summed E-state index contributed by atoms with van der Waals surface area (Å²) in [7, 11) is 0. The van der Waals surface area contributed by atoms with Gasteiger partial charge in [0.15, 0.2) is 23.4 Å². The van der Waals surface area contributed by atoms with Gasteiger partial charge in [-0.1, -0.05) is 0 Å². The maximum atomic E-state index is 12.1. The van der Waals surface area contributed by atoms with E-state index in [1.54, 1.807) is 0 Å². The number of ketones is 2. The van der Waals surface area contributed by atoms with E-state index in [9.17, 15) is 29.7 Å². The molecule has 4 atom stereocenters. The summed E-state index contributed by atoms with van der Waals surface area (Å²) in [4.78, 5) is 36.4. The summed E-state index contributed by atoms with van der Waals surface area (Å²) in [5, 5.41) is 40.1. The van der Waals surface area contributed by atoms with Crippen LogP contribution >= 0.6 is 0 Å². The van der Waals surface area contributed by atoms with Crippen molar-refractivity contribution in [1.82, 2.24) is 4.90 Å². The van der Waals surface area contributed by atoms with Crippen molar-refractivity contribution in [3.05, 3.63) is 23.9 Å². The lowest BCUT2D eigenvalue weighted by molar-refractivity contribution is -0.183. The molecule has 0 unspecified atom stereocenters. The highest BCUT2D eigenvalue weighted by Crippen LogP contribution is 2.43. The van der Waals surface area contributed by atoms with Crippen molar-refractivity contribution in [3.8, 4) is 0 Å². The van der Waals surface area contributed by atoms with Gasteiger partial charge < -0.3 is 30.1 Å². The predicted octanol–water partition coefficient (Wildman–Crippen LogP) is -1.82. The molecule has 0 radical (unpaired) electrons. The van der Waals surface area contributed by atoms with Crippen molar-refractivity contribution in [2.45, 2.75) is 37.4 Å². The Morgan fingerprint density at radius 1 is 1.25 bits per heavy atom. The lowest BCUT2D eigenvalue weighted by atomic mass is 9.74. The van der Waals surface area contributed by atoms with Crippen LogP contribution in [-0.2, 0) is 19.1 Å². The third-order valence-electron chi connectivity index (χ3n) is 4.44. The second kappa shape index (κ2) is 6.10. The number of aliphatic hydroxyl groups is 3. The molecule has 9 nitrogen and oxygen atoms in total. The van der Waals surface area contributed by atoms with E-state index in [4.69, 9.17) is 9.84 Å². The summed E-state index contributed by atoms with van der Waals surface area (Å²) in [6.07, 6.45) is 0.990. The molecule has 0 aromatic carbocycles. The number of allylic oxidation sites excluding steroid dienone is 2. The second-order valence-corrected chi connectivity index (χ2v) is 5.82. The minimum Gasteiger partial charge on any atom is -0.478 e. The fourth-order valence-corrected chi connectivity index (χ4v) is 3.09. The number of rotatable bonds is 5. The molecule has 2 heterocycles. The fourth-order valence-electron chi connectivity index (χ4n) is 3.09. The summed E-state index contributed by atoms with van der Waals surface area (Å²) in [5.74, 6) is -3.09. The van der Waals surface area contributed by atoms with E-state index in [1.807, 2.05) is 0 Å². The molecule has 24 heavy (non-hydrogen) atoms.